The van der Waals surface area contributed by atoms with Crippen molar-refractivity contribution in [2.24, 2.45) is 0 Å². The van der Waals surface area contributed by atoms with Crippen molar-refractivity contribution < 1.29 is 9.59 Å². The third kappa shape index (κ3) is 4.37. The Hall–Kier alpha value is -1.26. The smallest absolute Gasteiger partial charge is 0.222 e. The van der Waals surface area contributed by atoms with Crippen LogP contribution >= 0.6 is 23.2 Å². The maximum atomic E-state index is 11.9. The third-order valence-corrected chi connectivity index (χ3v) is 4.64. The van der Waals surface area contributed by atoms with E-state index in [-0.39, 0.29) is 23.8 Å². The summed E-state index contributed by atoms with van der Waals surface area (Å²) in [6, 6.07) is 5.69. The predicted molar refractivity (Wildman–Crippen MR) is 88.3 cm³/mol. The number of rotatable bonds is 6. The lowest BCUT2D eigenvalue weighted by molar-refractivity contribution is -0.129. The lowest BCUT2D eigenvalue weighted by atomic mass is 10.1. The Labute approximate surface area is 140 Å². The van der Waals surface area contributed by atoms with Crippen LogP contribution < -0.4 is 5.32 Å². The van der Waals surface area contributed by atoms with Gasteiger partial charge in [-0.15, -0.1) is 0 Å². The van der Waals surface area contributed by atoms with E-state index < -0.39 is 0 Å². The highest BCUT2D eigenvalue weighted by Crippen LogP contribution is 2.45. The number of hydrogen-bond donors (Lipinski definition) is 1. The topological polar surface area (TPSA) is 49.4 Å². The fraction of sp³-hybridized carbons (Fsp3) is 0.500. The second kappa shape index (κ2) is 7.34. The third-order valence-electron chi connectivity index (χ3n) is 3.81. The Balaban J connectivity index is 1.76. The number of amides is 2. The minimum atomic E-state index is -0.0165. The minimum Gasteiger partial charge on any atom is -0.353 e. The van der Waals surface area contributed by atoms with Crippen molar-refractivity contribution in [3.8, 4) is 0 Å². The van der Waals surface area contributed by atoms with Crippen molar-refractivity contribution in [3.05, 3.63) is 33.8 Å². The van der Waals surface area contributed by atoms with Crippen molar-refractivity contribution in [1.29, 1.82) is 0 Å². The first-order valence-corrected chi connectivity index (χ1v) is 8.09. The highest BCUT2D eigenvalue weighted by Gasteiger charge is 2.40. The molecule has 0 spiro atoms. The van der Waals surface area contributed by atoms with Crippen LogP contribution in [-0.4, -0.2) is 36.9 Å². The Morgan fingerprint density at radius 3 is 2.68 bits per heavy atom. The van der Waals surface area contributed by atoms with E-state index in [1.807, 2.05) is 12.1 Å². The quantitative estimate of drug-likeness (QED) is 0.862. The summed E-state index contributed by atoms with van der Waals surface area (Å²) in [5.41, 5.74) is 0.988. The normalized spacial score (nSPS) is 19.6. The molecule has 2 amide bonds. The van der Waals surface area contributed by atoms with E-state index in [0.29, 0.717) is 29.3 Å². The highest BCUT2D eigenvalue weighted by atomic mass is 35.5. The Morgan fingerprint density at radius 2 is 2.00 bits per heavy atom. The number of carbonyl (C=O) groups is 2. The Morgan fingerprint density at radius 1 is 1.27 bits per heavy atom. The number of carbonyl (C=O) groups excluding carboxylic acids is 2. The Kier molecular flexibility index (Phi) is 5.70. The molecule has 1 saturated carbocycles. The van der Waals surface area contributed by atoms with Crippen LogP contribution in [0.25, 0.3) is 0 Å². The molecule has 0 aliphatic heterocycles. The minimum absolute atomic E-state index is 0.0165. The molecule has 0 unspecified atom stereocenters. The molecule has 0 heterocycles. The summed E-state index contributed by atoms with van der Waals surface area (Å²) < 4.78 is 0. The number of nitrogens with one attached hydrogen (secondary N) is 1. The van der Waals surface area contributed by atoms with E-state index >= 15 is 0 Å². The molecular formula is C16H20Cl2N2O2. The van der Waals surface area contributed by atoms with Crippen LogP contribution in [0.5, 0.6) is 0 Å². The average Bonchev–Trinajstić information content (AvgIpc) is 3.20. The van der Waals surface area contributed by atoms with Gasteiger partial charge in [0, 0.05) is 38.9 Å². The van der Waals surface area contributed by atoms with Gasteiger partial charge < -0.3 is 10.2 Å². The van der Waals surface area contributed by atoms with E-state index in [0.717, 1.165) is 12.0 Å². The molecule has 1 aromatic rings. The fourth-order valence-corrected chi connectivity index (χ4v) is 2.86. The molecule has 0 bridgehead atoms. The van der Waals surface area contributed by atoms with E-state index in [2.05, 4.69) is 5.32 Å². The first kappa shape index (κ1) is 17.1. The van der Waals surface area contributed by atoms with Crippen molar-refractivity contribution in [1.82, 2.24) is 10.2 Å². The van der Waals surface area contributed by atoms with Crippen LogP contribution in [0.3, 0.4) is 0 Å². The van der Waals surface area contributed by atoms with Gasteiger partial charge in [-0.25, -0.2) is 0 Å². The van der Waals surface area contributed by atoms with E-state index in [4.69, 9.17) is 23.2 Å². The molecule has 22 heavy (non-hydrogen) atoms. The predicted octanol–water partition coefficient (Wildman–Crippen LogP) is 3.22. The molecule has 1 N–H and O–H groups in total. The van der Waals surface area contributed by atoms with Gasteiger partial charge in [0.2, 0.25) is 11.8 Å². The monoisotopic (exact) mass is 342 g/mol. The van der Waals surface area contributed by atoms with Crippen molar-refractivity contribution in [2.45, 2.75) is 37.6 Å². The summed E-state index contributed by atoms with van der Waals surface area (Å²) in [5, 5.41) is 4.10. The molecule has 0 saturated heterocycles. The van der Waals surface area contributed by atoms with Crippen molar-refractivity contribution in [2.75, 3.05) is 14.1 Å². The van der Waals surface area contributed by atoms with Crippen LogP contribution in [0.2, 0.25) is 10.0 Å². The molecule has 6 heteroatoms. The number of hydrogen-bond acceptors (Lipinski definition) is 2. The van der Waals surface area contributed by atoms with Crippen LogP contribution in [0, 0.1) is 0 Å². The molecule has 2 rings (SSSR count). The van der Waals surface area contributed by atoms with Crippen molar-refractivity contribution in [3.63, 3.8) is 0 Å². The number of halogens is 2. The summed E-state index contributed by atoms with van der Waals surface area (Å²) in [4.78, 5) is 24.8. The second-order valence-electron chi connectivity index (χ2n) is 5.80. The lowest BCUT2D eigenvalue weighted by Crippen LogP contribution is -2.27. The second-order valence-corrected chi connectivity index (χ2v) is 6.59. The average molecular weight is 343 g/mol. The van der Waals surface area contributed by atoms with Crippen LogP contribution in [0.4, 0.5) is 0 Å². The van der Waals surface area contributed by atoms with Gasteiger partial charge in [0.25, 0.3) is 0 Å². The van der Waals surface area contributed by atoms with Gasteiger partial charge in [-0.1, -0.05) is 35.3 Å². The summed E-state index contributed by atoms with van der Waals surface area (Å²) >= 11 is 12.2. The van der Waals surface area contributed by atoms with Gasteiger partial charge in [0.05, 0.1) is 10.0 Å². The van der Waals surface area contributed by atoms with Gasteiger partial charge in [-0.2, -0.15) is 0 Å². The van der Waals surface area contributed by atoms with Crippen LogP contribution in [0.15, 0.2) is 18.2 Å². The molecule has 4 nitrogen and oxygen atoms in total. The van der Waals surface area contributed by atoms with Crippen LogP contribution in [0.1, 0.15) is 37.2 Å². The molecule has 1 fully saturated rings. The summed E-state index contributed by atoms with van der Waals surface area (Å²) in [6.45, 7) is 0. The van der Waals surface area contributed by atoms with Gasteiger partial charge in [0.15, 0.2) is 0 Å². The molecule has 1 aromatic carbocycles. The lowest BCUT2D eigenvalue weighted by Gasteiger charge is -2.10. The summed E-state index contributed by atoms with van der Waals surface area (Å²) in [6.07, 6.45) is 2.21. The number of benzene rings is 1. The SMILES string of the molecule is CN(C)C(=O)CCCC(=O)N[C@@H]1C[C@H]1c1cccc(Cl)c1Cl. The zero-order chi connectivity index (χ0) is 16.3. The van der Waals surface area contributed by atoms with E-state index in [1.54, 1.807) is 20.2 Å². The molecule has 120 valence electrons. The molecule has 1 aliphatic rings. The first-order chi connectivity index (χ1) is 10.4. The molecule has 1 aliphatic carbocycles. The molecular weight excluding hydrogens is 323 g/mol. The maximum Gasteiger partial charge on any atom is 0.222 e. The molecule has 2 atom stereocenters. The largest absolute Gasteiger partial charge is 0.353 e. The number of nitrogens with zero attached hydrogens (tertiary/aromatic N) is 1. The zero-order valence-corrected chi connectivity index (χ0v) is 14.2. The molecule has 0 radical (unpaired) electrons. The highest BCUT2D eigenvalue weighted by molar-refractivity contribution is 6.42. The van der Waals surface area contributed by atoms with E-state index in [9.17, 15) is 9.59 Å². The van der Waals surface area contributed by atoms with Gasteiger partial charge >= 0.3 is 0 Å². The van der Waals surface area contributed by atoms with Crippen LogP contribution in [-0.2, 0) is 9.59 Å². The standard InChI is InChI=1S/C16H20Cl2N2O2/c1-20(2)15(22)8-4-7-14(21)19-13-9-11(13)10-5-3-6-12(17)16(10)18/h3,5-6,11,13H,4,7-9H2,1-2H3,(H,19,21)/t11-,13+/m0/s1. The zero-order valence-electron chi connectivity index (χ0n) is 12.7. The van der Waals surface area contributed by atoms with Crippen molar-refractivity contribution >= 4 is 35.0 Å². The van der Waals surface area contributed by atoms with Gasteiger partial charge in [0.1, 0.15) is 0 Å². The fourth-order valence-electron chi connectivity index (χ4n) is 2.41. The van der Waals surface area contributed by atoms with Gasteiger partial charge in [-0.05, 0) is 24.5 Å². The summed E-state index contributed by atoms with van der Waals surface area (Å²) in [7, 11) is 3.43. The van der Waals surface area contributed by atoms with E-state index in [1.165, 1.54) is 4.90 Å². The summed E-state index contributed by atoms with van der Waals surface area (Å²) in [5.74, 6) is 0.263. The van der Waals surface area contributed by atoms with Gasteiger partial charge in [-0.3, -0.25) is 9.59 Å². The maximum absolute atomic E-state index is 11.9. The first-order valence-electron chi connectivity index (χ1n) is 7.33. The Bertz CT molecular complexity index is 575. The molecule has 0 aromatic heterocycles.